The highest BCUT2D eigenvalue weighted by molar-refractivity contribution is 9.10. The van der Waals surface area contributed by atoms with Crippen LogP contribution in [0.2, 0.25) is 0 Å². The van der Waals surface area contributed by atoms with Crippen LogP contribution in [-0.4, -0.2) is 17.6 Å². The van der Waals surface area contributed by atoms with E-state index >= 15 is 0 Å². The molecule has 0 aliphatic heterocycles. The summed E-state index contributed by atoms with van der Waals surface area (Å²) in [5.41, 5.74) is 3.50. The van der Waals surface area contributed by atoms with Gasteiger partial charge in [-0.05, 0) is 61.8 Å². The molecule has 0 radical (unpaired) electrons. The second kappa shape index (κ2) is 11.2. The maximum Gasteiger partial charge on any atom is 0.261 e. The number of unbranched alkanes of at least 4 members (excludes halogenated alkanes) is 3. The number of para-hydroxylation sites is 1. The number of hydrogen-bond donors (Lipinski definition) is 2. The van der Waals surface area contributed by atoms with Crippen LogP contribution in [0, 0.1) is 13.8 Å². The number of ether oxygens (including phenoxy) is 1. The summed E-state index contributed by atoms with van der Waals surface area (Å²) in [5, 5.41) is 6.14. The van der Waals surface area contributed by atoms with Gasteiger partial charge in [0.05, 0.1) is 12.2 Å². The minimum atomic E-state index is -0.298. The zero-order chi connectivity index (χ0) is 20.5. The van der Waals surface area contributed by atoms with Crippen LogP contribution >= 0.6 is 28.1 Å². The standard InChI is InChI=1S/C22H27BrN2O2S/c1-4-5-6-7-13-27-19-12-11-17(23)14-18(19)21(26)25-22(28)24-20-15(2)9-8-10-16(20)3/h8-12,14H,4-7,13H2,1-3H3,(H2,24,25,26,28). The number of amides is 1. The van der Waals surface area contributed by atoms with Crippen LogP contribution < -0.4 is 15.4 Å². The topological polar surface area (TPSA) is 50.4 Å². The molecule has 0 unspecified atom stereocenters. The van der Waals surface area contributed by atoms with E-state index in [0.717, 1.165) is 34.1 Å². The van der Waals surface area contributed by atoms with Gasteiger partial charge in [0.1, 0.15) is 5.75 Å². The predicted molar refractivity (Wildman–Crippen MR) is 123 cm³/mol. The molecule has 6 heteroatoms. The predicted octanol–water partition coefficient (Wildman–Crippen LogP) is 6.15. The SMILES string of the molecule is CCCCCCOc1ccc(Br)cc1C(=O)NC(=S)Nc1c(C)cccc1C. The Morgan fingerprint density at radius 3 is 2.50 bits per heavy atom. The van der Waals surface area contributed by atoms with Gasteiger partial charge in [-0.15, -0.1) is 0 Å². The molecule has 0 aliphatic rings. The molecule has 0 saturated carbocycles. The molecule has 0 aliphatic carbocycles. The fraction of sp³-hybridized carbons (Fsp3) is 0.364. The molecule has 0 bridgehead atoms. The lowest BCUT2D eigenvalue weighted by atomic mass is 10.1. The van der Waals surface area contributed by atoms with Crippen molar-refractivity contribution in [2.75, 3.05) is 11.9 Å². The third-order valence-corrected chi connectivity index (χ3v) is 5.09. The number of carbonyl (C=O) groups is 1. The van der Waals surface area contributed by atoms with Gasteiger partial charge in [0.15, 0.2) is 5.11 Å². The second-order valence-corrected chi connectivity index (χ2v) is 8.05. The van der Waals surface area contributed by atoms with E-state index in [2.05, 4.69) is 33.5 Å². The van der Waals surface area contributed by atoms with Gasteiger partial charge >= 0.3 is 0 Å². The fourth-order valence-electron chi connectivity index (χ4n) is 2.84. The summed E-state index contributed by atoms with van der Waals surface area (Å²) < 4.78 is 6.66. The van der Waals surface area contributed by atoms with Crippen molar-refractivity contribution in [3.05, 3.63) is 57.6 Å². The number of rotatable bonds is 8. The van der Waals surface area contributed by atoms with Crippen LogP contribution in [0.4, 0.5) is 5.69 Å². The molecule has 2 aromatic rings. The fourth-order valence-corrected chi connectivity index (χ4v) is 3.40. The second-order valence-electron chi connectivity index (χ2n) is 6.72. The lowest BCUT2D eigenvalue weighted by molar-refractivity contribution is 0.0973. The summed E-state index contributed by atoms with van der Waals surface area (Å²) in [6.07, 6.45) is 4.46. The third-order valence-electron chi connectivity index (χ3n) is 4.39. The summed E-state index contributed by atoms with van der Waals surface area (Å²) in [4.78, 5) is 12.8. The monoisotopic (exact) mass is 462 g/mol. The molecule has 0 saturated heterocycles. The van der Waals surface area contributed by atoms with Crippen LogP contribution in [0.25, 0.3) is 0 Å². The largest absolute Gasteiger partial charge is 0.493 e. The first-order chi connectivity index (χ1) is 13.4. The molecule has 28 heavy (non-hydrogen) atoms. The van der Waals surface area contributed by atoms with Gasteiger partial charge in [-0.25, -0.2) is 0 Å². The molecule has 0 fully saturated rings. The number of halogens is 1. The number of thiocarbonyl (C=S) groups is 1. The smallest absolute Gasteiger partial charge is 0.261 e. The van der Waals surface area contributed by atoms with Gasteiger partial charge in [0.25, 0.3) is 5.91 Å². The van der Waals surface area contributed by atoms with Crippen LogP contribution in [0.15, 0.2) is 40.9 Å². The van der Waals surface area contributed by atoms with Gasteiger partial charge < -0.3 is 10.1 Å². The lowest BCUT2D eigenvalue weighted by Gasteiger charge is -2.15. The Morgan fingerprint density at radius 1 is 1.11 bits per heavy atom. The van der Waals surface area contributed by atoms with Gasteiger partial charge in [0.2, 0.25) is 0 Å². The molecule has 150 valence electrons. The summed E-state index contributed by atoms with van der Waals surface area (Å²) >= 11 is 8.77. The van der Waals surface area contributed by atoms with E-state index in [-0.39, 0.29) is 11.0 Å². The van der Waals surface area contributed by atoms with Crippen molar-refractivity contribution < 1.29 is 9.53 Å². The zero-order valence-electron chi connectivity index (χ0n) is 16.6. The van der Waals surface area contributed by atoms with Crippen molar-refractivity contribution in [1.29, 1.82) is 0 Å². The van der Waals surface area contributed by atoms with Crippen LogP contribution in [0.5, 0.6) is 5.75 Å². The van der Waals surface area contributed by atoms with Crippen molar-refractivity contribution in [3.8, 4) is 5.75 Å². The van der Waals surface area contributed by atoms with Crippen molar-refractivity contribution >= 4 is 44.9 Å². The molecule has 4 nitrogen and oxygen atoms in total. The number of aryl methyl sites for hydroxylation is 2. The van der Waals surface area contributed by atoms with Gasteiger partial charge in [-0.3, -0.25) is 10.1 Å². The highest BCUT2D eigenvalue weighted by atomic mass is 79.9. The molecule has 1 amide bonds. The molecular formula is C22H27BrN2O2S. The first-order valence-corrected chi connectivity index (χ1v) is 10.7. The lowest BCUT2D eigenvalue weighted by Crippen LogP contribution is -2.34. The molecule has 0 spiro atoms. The zero-order valence-corrected chi connectivity index (χ0v) is 19.0. The summed E-state index contributed by atoms with van der Waals surface area (Å²) in [5.74, 6) is 0.265. The van der Waals surface area contributed by atoms with E-state index in [4.69, 9.17) is 17.0 Å². The Kier molecular flexibility index (Phi) is 8.93. The first kappa shape index (κ1) is 22.4. The molecule has 0 atom stereocenters. The van der Waals surface area contributed by atoms with Crippen molar-refractivity contribution in [2.24, 2.45) is 0 Å². The van der Waals surface area contributed by atoms with E-state index in [1.54, 1.807) is 12.1 Å². The molecule has 2 rings (SSSR count). The highest BCUT2D eigenvalue weighted by Gasteiger charge is 2.15. The van der Waals surface area contributed by atoms with E-state index in [1.165, 1.54) is 12.8 Å². The molecular weight excluding hydrogens is 436 g/mol. The Labute approximate surface area is 181 Å². The Morgan fingerprint density at radius 2 is 1.82 bits per heavy atom. The highest BCUT2D eigenvalue weighted by Crippen LogP contribution is 2.24. The molecule has 2 aromatic carbocycles. The number of benzene rings is 2. The van der Waals surface area contributed by atoms with E-state index in [1.807, 2.05) is 38.1 Å². The third kappa shape index (κ3) is 6.60. The quantitative estimate of drug-likeness (QED) is 0.364. The van der Waals surface area contributed by atoms with E-state index < -0.39 is 0 Å². The number of nitrogens with one attached hydrogen (secondary N) is 2. The summed E-state index contributed by atoms with van der Waals surface area (Å²) in [6, 6.07) is 11.4. The van der Waals surface area contributed by atoms with Gasteiger partial charge in [-0.2, -0.15) is 0 Å². The van der Waals surface area contributed by atoms with Crippen molar-refractivity contribution in [2.45, 2.75) is 46.5 Å². The summed E-state index contributed by atoms with van der Waals surface area (Å²) in [6.45, 7) is 6.76. The van der Waals surface area contributed by atoms with Gasteiger partial charge in [-0.1, -0.05) is 60.3 Å². The van der Waals surface area contributed by atoms with Crippen LogP contribution in [-0.2, 0) is 0 Å². The average molecular weight is 463 g/mol. The number of hydrogen-bond acceptors (Lipinski definition) is 3. The normalized spacial score (nSPS) is 10.4. The minimum absolute atomic E-state index is 0.260. The molecule has 2 N–H and O–H groups in total. The summed E-state index contributed by atoms with van der Waals surface area (Å²) in [7, 11) is 0. The maximum atomic E-state index is 12.8. The van der Waals surface area contributed by atoms with Crippen molar-refractivity contribution in [1.82, 2.24) is 5.32 Å². The molecule has 0 aromatic heterocycles. The van der Waals surface area contributed by atoms with Crippen LogP contribution in [0.1, 0.15) is 54.1 Å². The van der Waals surface area contributed by atoms with E-state index in [0.29, 0.717) is 17.9 Å². The number of carbonyl (C=O) groups excluding carboxylic acids is 1. The van der Waals surface area contributed by atoms with Crippen LogP contribution in [0.3, 0.4) is 0 Å². The maximum absolute atomic E-state index is 12.8. The Hall–Kier alpha value is -1.92. The molecule has 0 heterocycles. The van der Waals surface area contributed by atoms with E-state index in [9.17, 15) is 4.79 Å². The Balaban J connectivity index is 2.04. The minimum Gasteiger partial charge on any atom is -0.493 e. The first-order valence-electron chi connectivity index (χ1n) is 9.53. The number of anilines is 1. The average Bonchev–Trinajstić information content (AvgIpc) is 2.65. The Bertz CT molecular complexity index is 819. The van der Waals surface area contributed by atoms with Gasteiger partial charge in [0, 0.05) is 10.2 Å². The van der Waals surface area contributed by atoms with Crippen molar-refractivity contribution in [3.63, 3.8) is 0 Å².